The number of hydrogen-bond donors (Lipinski definition) is 1. The van der Waals surface area contributed by atoms with Gasteiger partial charge in [0.1, 0.15) is 17.3 Å². The van der Waals surface area contributed by atoms with E-state index in [2.05, 4.69) is 15.2 Å². The van der Waals surface area contributed by atoms with Crippen molar-refractivity contribution < 1.29 is 17.6 Å². The van der Waals surface area contributed by atoms with Gasteiger partial charge < -0.3 is 14.6 Å². The van der Waals surface area contributed by atoms with Gasteiger partial charge in [-0.25, -0.2) is 13.4 Å². The zero-order chi connectivity index (χ0) is 21.7. The Labute approximate surface area is 182 Å². The molecule has 8 heteroatoms. The van der Waals surface area contributed by atoms with Crippen LogP contribution < -0.4 is 10.2 Å². The maximum absolute atomic E-state index is 12.6. The number of amides is 1. The van der Waals surface area contributed by atoms with Crippen molar-refractivity contribution in [1.82, 2.24) is 10.3 Å². The highest BCUT2D eigenvalue weighted by molar-refractivity contribution is 7.90. The molecule has 1 amide bonds. The number of anilines is 1. The van der Waals surface area contributed by atoms with Gasteiger partial charge in [-0.2, -0.15) is 0 Å². The largest absolute Gasteiger partial charge is 0.455 e. The molecule has 0 aliphatic carbocycles. The van der Waals surface area contributed by atoms with E-state index in [9.17, 15) is 13.2 Å². The van der Waals surface area contributed by atoms with Crippen LogP contribution in [-0.4, -0.2) is 32.4 Å². The second kappa shape index (κ2) is 9.34. The molecule has 31 heavy (non-hydrogen) atoms. The predicted octanol–water partition coefficient (Wildman–Crippen LogP) is 3.57. The molecular weight excluding hydrogens is 414 g/mol. The van der Waals surface area contributed by atoms with Crippen molar-refractivity contribution in [3.8, 4) is 0 Å². The molecule has 1 N–H and O–H groups in total. The van der Waals surface area contributed by atoms with Crippen LogP contribution in [0.15, 0.2) is 70.1 Å². The van der Waals surface area contributed by atoms with Crippen LogP contribution >= 0.6 is 0 Å². The second-order valence-electron chi connectivity index (χ2n) is 7.55. The highest BCUT2D eigenvalue weighted by atomic mass is 32.2. The molecule has 1 fully saturated rings. The summed E-state index contributed by atoms with van der Waals surface area (Å²) in [5.74, 6) is 0.519. The number of pyridine rings is 1. The molecule has 1 saturated heterocycles. The smallest absolute Gasteiger partial charge is 0.287 e. The van der Waals surface area contributed by atoms with Gasteiger partial charge in [-0.05, 0) is 49.6 Å². The summed E-state index contributed by atoms with van der Waals surface area (Å²) < 4.78 is 30.5. The molecule has 1 aliphatic heterocycles. The Balaban J connectivity index is 1.40. The van der Waals surface area contributed by atoms with Gasteiger partial charge in [0.2, 0.25) is 0 Å². The molecule has 0 saturated carbocycles. The van der Waals surface area contributed by atoms with Crippen molar-refractivity contribution in [1.29, 1.82) is 0 Å². The molecule has 3 heterocycles. The molecule has 7 nitrogen and oxygen atoms in total. The van der Waals surface area contributed by atoms with Crippen LogP contribution in [0.3, 0.4) is 0 Å². The quantitative estimate of drug-likeness (QED) is 0.605. The van der Waals surface area contributed by atoms with Crippen molar-refractivity contribution in [3.05, 3.63) is 77.9 Å². The number of rotatable bonds is 7. The van der Waals surface area contributed by atoms with Crippen molar-refractivity contribution in [2.45, 2.75) is 36.5 Å². The van der Waals surface area contributed by atoms with E-state index in [1.54, 1.807) is 36.5 Å². The molecule has 0 spiro atoms. The lowest BCUT2D eigenvalue weighted by Crippen LogP contribution is -2.32. The molecule has 0 bridgehead atoms. The summed E-state index contributed by atoms with van der Waals surface area (Å²) in [6.07, 6.45) is 5.28. The third-order valence-corrected chi connectivity index (χ3v) is 6.94. The Kier molecular flexibility index (Phi) is 6.36. The first-order valence-corrected chi connectivity index (χ1v) is 12.0. The number of furan rings is 1. The minimum absolute atomic E-state index is 0.0849. The first kappa shape index (κ1) is 21.1. The van der Waals surface area contributed by atoms with Crippen LogP contribution in [0.2, 0.25) is 0 Å². The van der Waals surface area contributed by atoms with Crippen molar-refractivity contribution in [3.63, 3.8) is 0 Å². The van der Waals surface area contributed by atoms with Gasteiger partial charge >= 0.3 is 0 Å². The number of benzene rings is 1. The minimum atomic E-state index is -3.54. The van der Waals surface area contributed by atoms with Crippen LogP contribution in [0.4, 0.5) is 5.82 Å². The molecular formula is C23H25N3O4S. The number of nitrogens with one attached hydrogen (secondary N) is 1. The summed E-state index contributed by atoms with van der Waals surface area (Å²) in [5.41, 5.74) is 0.941. The Hall–Kier alpha value is -3.13. The normalized spacial score (nSPS) is 14.4. The van der Waals surface area contributed by atoms with Gasteiger partial charge in [0.15, 0.2) is 15.6 Å². The van der Waals surface area contributed by atoms with Crippen molar-refractivity contribution >= 4 is 21.6 Å². The zero-order valence-electron chi connectivity index (χ0n) is 17.2. The van der Waals surface area contributed by atoms with Gasteiger partial charge in [-0.15, -0.1) is 0 Å². The maximum atomic E-state index is 12.6. The molecule has 0 radical (unpaired) electrons. The fourth-order valence-corrected chi connectivity index (χ4v) is 4.97. The van der Waals surface area contributed by atoms with E-state index in [0.29, 0.717) is 6.54 Å². The monoisotopic (exact) mass is 439 g/mol. The standard InChI is InChI=1S/C23H25N3O4S/c27-23(25-16-18-8-7-13-24-22(18)26-14-5-2-6-15-26)21-12-11-19(30-21)17-31(28,29)20-9-3-1-4-10-20/h1,3-4,7-13H,2,5-6,14-17H2,(H,25,27). The van der Waals surface area contributed by atoms with Gasteiger partial charge in [0, 0.05) is 31.4 Å². The van der Waals surface area contributed by atoms with Gasteiger partial charge in [-0.1, -0.05) is 24.3 Å². The van der Waals surface area contributed by atoms with E-state index in [1.165, 1.54) is 18.6 Å². The van der Waals surface area contributed by atoms with Gasteiger partial charge in [0.05, 0.1) is 4.90 Å². The third kappa shape index (κ3) is 5.14. The lowest BCUT2D eigenvalue weighted by molar-refractivity contribution is 0.0921. The summed E-state index contributed by atoms with van der Waals surface area (Å²) in [7, 11) is -3.54. The summed E-state index contributed by atoms with van der Waals surface area (Å²) in [6, 6.07) is 15.0. The number of aromatic nitrogens is 1. The second-order valence-corrected chi connectivity index (χ2v) is 9.54. The Morgan fingerprint density at radius 2 is 1.77 bits per heavy atom. The molecule has 0 unspecified atom stereocenters. The summed E-state index contributed by atoms with van der Waals surface area (Å²) in [4.78, 5) is 19.6. The Bertz CT molecular complexity index is 1140. The van der Waals surface area contributed by atoms with E-state index in [0.717, 1.165) is 37.3 Å². The van der Waals surface area contributed by atoms with Crippen LogP contribution in [0.5, 0.6) is 0 Å². The van der Waals surface area contributed by atoms with Crippen molar-refractivity contribution in [2.24, 2.45) is 0 Å². The number of hydrogen-bond acceptors (Lipinski definition) is 6. The summed E-state index contributed by atoms with van der Waals surface area (Å²) >= 11 is 0. The lowest BCUT2D eigenvalue weighted by atomic mass is 10.1. The van der Waals surface area contributed by atoms with Crippen LogP contribution in [-0.2, 0) is 22.1 Å². The SMILES string of the molecule is O=C(NCc1cccnc1N1CCCCC1)c1ccc(CS(=O)(=O)c2ccccc2)o1. The molecule has 1 aromatic carbocycles. The number of sulfone groups is 1. The maximum Gasteiger partial charge on any atom is 0.287 e. The van der Waals surface area contributed by atoms with E-state index >= 15 is 0 Å². The Morgan fingerprint density at radius 1 is 1.00 bits per heavy atom. The first-order chi connectivity index (χ1) is 15.0. The highest BCUT2D eigenvalue weighted by Gasteiger charge is 2.20. The van der Waals surface area contributed by atoms with Crippen LogP contribution in [0.1, 0.15) is 41.1 Å². The molecule has 162 valence electrons. The number of nitrogens with zero attached hydrogens (tertiary/aromatic N) is 2. The van der Waals surface area contributed by atoms with Crippen LogP contribution in [0, 0.1) is 0 Å². The number of piperidine rings is 1. The minimum Gasteiger partial charge on any atom is -0.455 e. The zero-order valence-corrected chi connectivity index (χ0v) is 18.0. The van der Waals surface area contributed by atoms with Crippen LogP contribution in [0.25, 0.3) is 0 Å². The van der Waals surface area contributed by atoms with Gasteiger partial charge in [0.25, 0.3) is 5.91 Å². The van der Waals surface area contributed by atoms with Gasteiger partial charge in [-0.3, -0.25) is 4.79 Å². The average molecular weight is 440 g/mol. The van der Waals surface area contributed by atoms with E-state index in [-0.39, 0.29) is 22.2 Å². The number of carbonyl (C=O) groups excluding carboxylic acids is 1. The topological polar surface area (TPSA) is 92.5 Å². The molecule has 4 rings (SSSR count). The molecule has 0 atom stereocenters. The average Bonchev–Trinajstić information content (AvgIpc) is 3.27. The van der Waals surface area contributed by atoms with E-state index in [4.69, 9.17) is 4.42 Å². The summed E-state index contributed by atoms with van der Waals surface area (Å²) in [5, 5.41) is 2.85. The van der Waals surface area contributed by atoms with E-state index < -0.39 is 15.7 Å². The van der Waals surface area contributed by atoms with Crippen molar-refractivity contribution in [2.75, 3.05) is 18.0 Å². The summed E-state index contributed by atoms with van der Waals surface area (Å²) in [6.45, 7) is 2.25. The highest BCUT2D eigenvalue weighted by Crippen LogP contribution is 2.22. The number of carbonyl (C=O) groups is 1. The lowest BCUT2D eigenvalue weighted by Gasteiger charge is -2.29. The molecule has 2 aromatic heterocycles. The third-order valence-electron chi connectivity index (χ3n) is 5.28. The van der Waals surface area contributed by atoms with E-state index in [1.807, 2.05) is 12.1 Å². The predicted molar refractivity (Wildman–Crippen MR) is 118 cm³/mol. The molecule has 1 aliphatic rings. The fraction of sp³-hybridized carbons (Fsp3) is 0.304. The Morgan fingerprint density at radius 3 is 2.55 bits per heavy atom. The fourth-order valence-electron chi connectivity index (χ4n) is 3.70. The first-order valence-electron chi connectivity index (χ1n) is 10.4. The molecule has 3 aromatic rings.